The first-order valence-electron chi connectivity index (χ1n) is 9.52. The molecule has 0 saturated heterocycles. The molecule has 1 aromatic carbocycles. The smallest absolute Gasteiger partial charge is 0.342 e. The maximum Gasteiger partial charge on any atom is 0.342 e. The highest BCUT2D eigenvalue weighted by Crippen LogP contribution is 2.39. The predicted molar refractivity (Wildman–Crippen MR) is 115 cm³/mol. The predicted octanol–water partition coefficient (Wildman–Crippen LogP) is 5.31. The van der Waals surface area contributed by atoms with E-state index in [0.717, 1.165) is 41.9 Å². The number of esters is 1. The van der Waals surface area contributed by atoms with E-state index in [2.05, 4.69) is 55.7 Å². The molecule has 0 fully saturated rings. The molecule has 3 nitrogen and oxygen atoms in total. The van der Waals surface area contributed by atoms with Crippen molar-refractivity contribution >= 4 is 23.3 Å². The highest BCUT2D eigenvalue weighted by Gasteiger charge is 2.32. The number of carbonyl (C=O) groups excluding carboxylic acids is 1. The van der Waals surface area contributed by atoms with Gasteiger partial charge in [0.15, 0.2) is 0 Å². The lowest BCUT2D eigenvalue weighted by Gasteiger charge is -2.22. The molecule has 1 unspecified atom stereocenters. The van der Waals surface area contributed by atoms with E-state index >= 15 is 0 Å². The lowest BCUT2D eigenvalue weighted by molar-refractivity contribution is 0.0532. The van der Waals surface area contributed by atoms with Gasteiger partial charge in [0.05, 0.1) is 6.61 Å². The third-order valence-electron chi connectivity index (χ3n) is 5.05. The number of carbonyl (C=O) groups is 1. The van der Waals surface area contributed by atoms with Crippen LogP contribution in [0.25, 0.3) is 0 Å². The summed E-state index contributed by atoms with van der Waals surface area (Å²) in [5, 5.41) is 0. The van der Waals surface area contributed by atoms with Gasteiger partial charge in [-0.3, -0.25) is 0 Å². The summed E-state index contributed by atoms with van der Waals surface area (Å²) in [6.45, 7) is 14.5. The van der Waals surface area contributed by atoms with Crippen molar-refractivity contribution in [3.05, 3.63) is 39.5 Å². The van der Waals surface area contributed by atoms with Crippen LogP contribution in [0.3, 0.4) is 0 Å². The lowest BCUT2D eigenvalue weighted by atomic mass is 9.89. The van der Waals surface area contributed by atoms with Crippen LogP contribution in [-0.2, 0) is 24.2 Å². The Morgan fingerprint density at radius 2 is 2.00 bits per heavy atom. The van der Waals surface area contributed by atoms with Gasteiger partial charge in [-0.05, 0) is 50.0 Å². The van der Waals surface area contributed by atoms with Crippen molar-refractivity contribution in [1.29, 1.82) is 0 Å². The van der Waals surface area contributed by atoms with Gasteiger partial charge < -0.3 is 9.47 Å². The lowest BCUT2D eigenvalue weighted by Crippen LogP contribution is -2.23. The van der Waals surface area contributed by atoms with E-state index in [1.807, 2.05) is 0 Å². The minimum Gasteiger partial charge on any atom is -0.493 e. The molecule has 0 aliphatic carbocycles. The van der Waals surface area contributed by atoms with Gasteiger partial charge in [-0.15, -0.1) is 9.24 Å². The second kappa shape index (κ2) is 8.71. The zero-order valence-corrected chi connectivity index (χ0v) is 19.3. The molecule has 0 radical (unpaired) electrons. The Morgan fingerprint density at radius 1 is 1.31 bits per heavy atom. The Morgan fingerprint density at radius 3 is 2.58 bits per heavy atom. The first-order chi connectivity index (χ1) is 12.2. The Balaban J connectivity index is 2.53. The Labute approximate surface area is 161 Å². The molecule has 1 heterocycles. The van der Waals surface area contributed by atoms with E-state index in [4.69, 9.17) is 9.47 Å². The van der Waals surface area contributed by atoms with Gasteiger partial charge in [0.1, 0.15) is 17.9 Å². The third kappa shape index (κ3) is 4.78. The van der Waals surface area contributed by atoms with E-state index in [9.17, 15) is 4.79 Å². The molecule has 1 aliphatic heterocycles. The number of cyclic esters (lactones) is 1. The van der Waals surface area contributed by atoms with Gasteiger partial charge in [-0.1, -0.05) is 38.2 Å². The van der Waals surface area contributed by atoms with Crippen molar-refractivity contribution in [3.63, 3.8) is 0 Å². The second-order valence-corrected chi connectivity index (χ2v) is 14.3. The van der Waals surface area contributed by atoms with Crippen LogP contribution in [0.1, 0.15) is 46.5 Å². The molecule has 0 N–H and O–H groups in total. The molecule has 0 spiro atoms. The van der Waals surface area contributed by atoms with Crippen LogP contribution in [0, 0.1) is 6.92 Å². The third-order valence-corrected chi connectivity index (χ3v) is 7.40. The summed E-state index contributed by atoms with van der Waals surface area (Å²) in [6.07, 6.45) is 4.94. The zero-order valence-electron chi connectivity index (χ0n) is 17.1. The maximum atomic E-state index is 12.4. The average Bonchev–Trinajstić information content (AvgIpc) is 2.96. The molecule has 26 heavy (non-hydrogen) atoms. The normalized spacial score (nSPS) is 14.4. The number of benzene rings is 1. The number of allylic oxidation sites excluding steroid dienone is 2. The van der Waals surface area contributed by atoms with E-state index in [-0.39, 0.29) is 5.97 Å². The van der Waals surface area contributed by atoms with Crippen LogP contribution in [0.4, 0.5) is 0 Å². The van der Waals surface area contributed by atoms with E-state index in [1.54, 1.807) is 0 Å². The van der Waals surface area contributed by atoms with Crippen molar-refractivity contribution in [3.8, 4) is 5.75 Å². The minimum atomic E-state index is -1.20. The fourth-order valence-electron chi connectivity index (χ4n) is 3.30. The molecule has 0 saturated carbocycles. The fraction of sp³-hybridized carbons (Fsp3) is 0.571. The molecular formula is C21H33O3PSi. The molecule has 1 aliphatic rings. The Kier molecular flexibility index (Phi) is 7.10. The van der Waals surface area contributed by atoms with Gasteiger partial charge in [0.2, 0.25) is 0 Å². The Hall–Kier alpha value is -1.12. The molecule has 1 atom stereocenters. The molecule has 144 valence electrons. The van der Waals surface area contributed by atoms with Crippen LogP contribution in [0.15, 0.2) is 11.6 Å². The van der Waals surface area contributed by atoms with Crippen LogP contribution in [0.5, 0.6) is 5.75 Å². The first-order valence-corrected chi connectivity index (χ1v) is 14.0. The number of ether oxygens (including phenoxy) is 2. The van der Waals surface area contributed by atoms with Crippen molar-refractivity contribution < 1.29 is 14.3 Å². The fourth-order valence-corrected chi connectivity index (χ4v) is 4.18. The van der Waals surface area contributed by atoms with Gasteiger partial charge in [0.25, 0.3) is 0 Å². The van der Waals surface area contributed by atoms with E-state index in [1.165, 1.54) is 16.7 Å². The number of fused-ring (bicyclic) bond motifs is 1. The summed E-state index contributed by atoms with van der Waals surface area (Å²) < 4.78 is 11.7. The zero-order chi connectivity index (χ0) is 19.5. The largest absolute Gasteiger partial charge is 0.493 e. The van der Waals surface area contributed by atoms with Gasteiger partial charge in [-0.2, -0.15) is 0 Å². The first kappa shape index (κ1) is 21.2. The highest BCUT2D eigenvalue weighted by molar-refractivity contribution is 7.16. The second-order valence-electron chi connectivity index (χ2n) is 8.31. The van der Waals surface area contributed by atoms with Crippen LogP contribution in [0.2, 0.25) is 25.7 Å². The molecule has 2 rings (SSSR count). The minimum absolute atomic E-state index is 0.234. The monoisotopic (exact) mass is 392 g/mol. The van der Waals surface area contributed by atoms with E-state index < -0.39 is 8.07 Å². The van der Waals surface area contributed by atoms with Crippen LogP contribution < -0.4 is 4.74 Å². The average molecular weight is 393 g/mol. The van der Waals surface area contributed by atoms with E-state index in [0.29, 0.717) is 18.8 Å². The summed E-state index contributed by atoms with van der Waals surface area (Å²) >= 11 is 0. The molecular weight excluding hydrogens is 359 g/mol. The van der Waals surface area contributed by atoms with Crippen molar-refractivity contribution in [2.24, 2.45) is 0 Å². The summed E-state index contributed by atoms with van der Waals surface area (Å²) in [7, 11) is 1.56. The molecule has 0 aromatic heterocycles. The van der Waals surface area contributed by atoms with Crippen LogP contribution >= 0.6 is 9.24 Å². The molecule has 0 amide bonds. The standard InChI is InChI=1S/C21H33O3PSi/c1-7-16-15(3)18-12-24-21(22)19(18)20(23-10-11-26(4,5)6)17(16)9-8-14(2)13-25/h8H,7,9-13,25H2,1-6H3. The number of rotatable bonds is 8. The molecule has 0 bridgehead atoms. The summed E-state index contributed by atoms with van der Waals surface area (Å²) in [6, 6.07) is 1.08. The number of hydrogen-bond donors (Lipinski definition) is 0. The van der Waals surface area contributed by atoms with Crippen molar-refractivity contribution in [1.82, 2.24) is 0 Å². The number of hydrogen-bond acceptors (Lipinski definition) is 3. The van der Waals surface area contributed by atoms with Gasteiger partial charge in [0, 0.05) is 19.2 Å². The molecule has 1 aromatic rings. The quantitative estimate of drug-likeness (QED) is 0.260. The van der Waals surface area contributed by atoms with Crippen molar-refractivity contribution in [2.75, 3.05) is 12.8 Å². The highest BCUT2D eigenvalue weighted by atomic mass is 31.0. The summed E-state index contributed by atoms with van der Waals surface area (Å²) in [4.78, 5) is 12.4. The Bertz CT molecular complexity index is 717. The SMILES string of the molecule is CCc1c(C)c2c(c(OCC[Si](C)(C)C)c1CC=C(C)CP)C(=O)OC2. The van der Waals surface area contributed by atoms with Gasteiger partial charge >= 0.3 is 5.97 Å². The van der Waals surface area contributed by atoms with Gasteiger partial charge in [-0.25, -0.2) is 4.79 Å². The summed E-state index contributed by atoms with van der Waals surface area (Å²) in [5.74, 6) is 0.540. The molecule has 5 heteroatoms. The summed E-state index contributed by atoms with van der Waals surface area (Å²) in [5.41, 5.74) is 6.67. The topological polar surface area (TPSA) is 35.5 Å². The maximum absolute atomic E-state index is 12.4. The van der Waals surface area contributed by atoms with Crippen LogP contribution in [-0.4, -0.2) is 26.8 Å². The van der Waals surface area contributed by atoms with Crippen molar-refractivity contribution in [2.45, 2.75) is 65.9 Å².